The molecule has 1 aliphatic heterocycles. The summed E-state index contributed by atoms with van der Waals surface area (Å²) >= 11 is 0. The Morgan fingerprint density at radius 1 is 1.00 bits per heavy atom. The van der Waals surface area contributed by atoms with Crippen molar-refractivity contribution in [3.05, 3.63) is 101 Å². The summed E-state index contributed by atoms with van der Waals surface area (Å²) in [7, 11) is 4.08. The smallest absolute Gasteiger partial charge is 0.314 e. The number of piperidine rings is 1. The van der Waals surface area contributed by atoms with Crippen LogP contribution in [0, 0.1) is 0 Å². The standard InChI is InChI=1S/C24H37N3O.C12H16N2O/c1-7-11-19(4)25-17-22(21(8-2)9-3)14-15-24(28)26-23-13-10-12-20(16-23)18-27(5)6;13-12(15)14-8-6-11(7-9-14)10-4-2-1-3-5-10/h8,10-13,16-17,25H,7,9,14-15,18H2,1-6H3,(H,26,28);1-5,11H,6-9H2,(H2,13,15)/b19-11+,21-8+,22-17-;. The van der Waals surface area contributed by atoms with Gasteiger partial charge in [0.05, 0.1) is 0 Å². The second-order valence-electron chi connectivity index (χ2n) is 11.3. The van der Waals surface area contributed by atoms with E-state index in [2.05, 4.69) is 85.7 Å². The Kier molecular flexibility index (Phi) is 15.9. The van der Waals surface area contributed by atoms with Gasteiger partial charge < -0.3 is 26.2 Å². The van der Waals surface area contributed by atoms with Crippen LogP contribution in [0.5, 0.6) is 0 Å². The zero-order chi connectivity index (χ0) is 31.6. The molecule has 4 N–H and O–H groups in total. The molecule has 234 valence electrons. The number of likely N-dealkylation sites (tertiary alicyclic amines) is 1. The minimum Gasteiger partial charge on any atom is -0.365 e. The van der Waals surface area contributed by atoms with E-state index in [-0.39, 0.29) is 11.9 Å². The van der Waals surface area contributed by atoms with Crippen molar-refractivity contribution in [3.8, 4) is 0 Å². The molecule has 0 radical (unpaired) electrons. The first-order valence-electron chi connectivity index (χ1n) is 15.6. The zero-order valence-electron chi connectivity index (χ0n) is 27.2. The summed E-state index contributed by atoms with van der Waals surface area (Å²) in [5, 5.41) is 6.39. The molecular formula is C36H53N5O2. The molecule has 2 aromatic rings. The number of primary amides is 1. The Balaban J connectivity index is 0.000000358. The maximum absolute atomic E-state index is 12.5. The van der Waals surface area contributed by atoms with Gasteiger partial charge in [-0.05, 0) is 100 Å². The van der Waals surface area contributed by atoms with Crippen molar-refractivity contribution in [2.45, 2.75) is 78.7 Å². The second kappa shape index (κ2) is 19.4. The molecular weight excluding hydrogens is 534 g/mol. The maximum Gasteiger partial charge on any atom is 0.314 e. The van der Waals surface area contributed by atoms with Gasteiger partial charge in [0.25, 0.3) is 0 Å². The fourth-order valence-corrected chi connectivity index (χ4v) is 5.25. The monoisotopic (exact) mass is 587 g/mol. The first-order chi connectivity index (χ1) is 20.7. The highest BCUT2D eigenvalue weighted by atomic mass is 16.2. The molecule has 1 fully saturated rings. The minimum atomic E-state index is -0.290. The average molecular weight is 588 g/mol. The third kappa shape index (κ3) is 13.3. The van der Waals surface area contributed by atoms with E-state index < -0.39 is 0 Å². The topological polar surface area (TPSA) is 90.7 Å². The number of carbonyl (C=O) groups excluding carboxylic acids is 2. The van der Waals surface area contributed by atoms with Crippen LogP contribution in [0.25, 0.3) is 0 Å². The molecule has 0 saturated carbocycles. The van der Waals surface area contributed by atoms with Gasteiger partial charge >= 0.3 is 6.03 Å². The first-order valence-corrected chi connectivity index (χ1v) is 15.6. The lowest BCUT2D eigenvalue weighted by molar-refractivity contribution is -0.116. The molecule has 1 heterocycles. The van der Waals surface area contributed by atoms with E-state index in [0.29, 0.717) is 18.8 Å². The molecule has 0 aliphatic carbocycles. The molecule has 7 heteroatoms. The Bertz CT molecular complexity index is 1230. The van der Waals surface area contributed by atoms with E-state index in [0.717, 1.165) is 56.7 Å². The number of allylic oxidation sites excluding steroid dienone is 5. The second-order valence-corrected chi connectivity index (χ2v) is 11.3. The van der Waals surface area contributed by atoms with Crippen LogP contribution in [0.3, 0.4) is 0 Å². The van der Waals surface area contributed by atoms with Gasteiger partial charge in [-0.25, -0.2) is 4.79 Å². The van der Waals surface area contributed by atoms with Gasteiger partial charge in [-0.1, -0.05) is 68.5 Å². The summed E-state index contributed by atoms with van der Waals surface area (Å²) in [6.45, 7) is 10.8. The molecule has 0 spiro atoms. The highest BCUT2D eigenvalue weighted by Crippen LogP contribution is 2.27. The third-order valence-corrected chi connectivity index (χ3v) is 7.53. The third-order valence-electron chi connectivity index (χ3n) is 7.53. The lowest BCUT2D eigenvalue weighted by atomic mass is 9.90. The van der Waals surface area contributed by atoms with Crippen molar-refractivity contribution >= 4 is 17.6 Å². The number of rotatable bonds is 12. The minimum absolute atomic E-state index is 0.0419. The summed E-state index contributed by atoms with van der Waals surface area (Å²) < 4.78 is 0. The molecule has 1 aliphatic rings. The van der Waals surface area contributed by atoms with Crippen molar-refractivity contribution in [2.24, 2.45) is 5.73 Å². The van der Waals surface area contributed by atoms with E-state index in [9.17, 15) is 9.59 Å². The van der Waals surface area contributed by atoms with Crippen molar-refractivity contribution in [2.75, 3.05) is 32.5 Å². The number of urea groups is 1. The molecule has 0 aromatic heterocycles. The number of nitrogens with zero attached hydrogens (tertiary/aromatic N) is 2. The van der Waals surface area contributed by atoms with Crippen LogP contribution in [0.2, 0.25) is 0 Å². The maximum atomic E-state index is 12.5. The van der Waals surface area contributed by atoms with Crippen LogP contribution in [0.4, 0.5) is 10.5 Å². The van der Waals surface area contributed by atoms with Gasteiger partial charge in [-0.15, -0.1) is 0 Å². The largest absolute Gasteiger partial charge is 0.365 e. The number of nitrogens with two attached hydrogens (primary N) is 1. The normalized spacial score (nSPS) is 14.7. The van der Waals surface area contributed by atoms with Crippen molar-refractivity contribution in [3.63, 3.8) is 0 Å². The molecule has 0 unspecified atom stereocenters. The number of anilines is 1. The SMILES string of the molecule is C/C=C(CC)/C(=C\N/C(C)=C/CC)CCC(=O)Nc1cccc(CN(C)C)c1.NC(=O)N1CCC(c2ccccc2)CC1. The number of carbonyl (C=O) groups is 2. The Labute approximate surface area is 259 Å². The van der Waals surface area contributed by atoms with E-state index in [1.165, 1.54) is 22.3 Å². The predicted octanol–water partition coefficient (Wildman–Crippen LogP) is 7.56. The van der Waals surface area contributed by atoms with Crippen LogP contribution in [-0.2, 0) is 11.3 Å². The molecule has 1 saturated heterocycles. The molecule has 2 aromatic carbocycles. The summed E-state index contributed by atoms with van der Waals surface area (Å²) in [6.07, 6.45) is 11.5. The number of hydrogen-bond acceptors (Lipinski definition) is 4. The van der Waals surface area contributed by atoms with Gasteiger partial charge in [-0.2, -0.15) is 0 Å². The Morgan fingerprint density at radius 3 is 2.28 bits per heavy atom. The van der Waals surface area contributed by atoms with Crippen LogP contribution in [-0.4, -0.2) is 48.9 Å². The highest BCUT2D eigenvalue weighted by molar-refractivity contribution is 5.91. The summed E-state index contributed by atoms with van der Waals surface area (Å²) in [5.41, 5.74) is 12.3. The van der Waals surface area contributed by atoms with E-state index in [1.54, 1.807) is 4.90 Å². The van der Waals surface area contributed by atoms with Crippen molar-refractivity contribution < 1.29 is 9.59 Å². The van der Waals surface area contributed by atoms with Gasteiger partial charge in [-0.3, -0.25) is 4.79 Å². The van der Waals surface area contributed by atoms with Gasteiger partial charge in [0.1, 0.15) is 0 Å². The number of hydrogen-bond donors (Lipinski definition) is 3. The summed E-state index contributed by atoms with van der Waals surface area (Å²) in [4.78, 5) is 27.3. The zero-order valence-corrected chi connectivity index (χ0v) is 27.2. The fraction of sp³-hybridized carbons (Fsp3) is 0.444. The molecule has 3 amide bonds. The quantitative estimate of drug-likeness (QED) is 0.224. The van der Waals surface area contributed by atoms with Crippen LogP contribution in [0.15, 0.2) is 89.8 Å². The highest BCUT2D eigenvalue weighted by Gasteiger charge is 2.21. The van der Waals surface area contributed by atoms with Crippen LogP contribution in [0.1, 0.15) is 83.3 Å². The van der Waals surface area contributed by atoms with Crippen LogP contribution >= 0.6 is 0 Å². The van der Waals surface area contributed by atoms with E-state index >= 15 is 0 Å². The molecule has 0 bridgehead atoms. The Hall–Kier alpha value is -3.84. The Morgan fingerprint density at radius 2 is 1.70 bits per heavy atom. The van der Waals surface area contributed by atoms with E-state index in [4.69, 9.17) is 5.73 Å². The van der Waals surface area contributed by atoms with Crippen molar-refractivity contribution in [1.82, 2.24) is 15.1 Å². The number of amides is 3. The lowest BCUT2D eigenvalue weighted by Crippen LogP contribution is -2.41. The molecule has 43 heavy (non-hydrogen) atoms. The summed E-state index contributed by atoms with van der Waals surface area (Å²) in [6, 6.07) is 18.2. The first kappa shape index (κ1) is 35.4. The molecule has 7 nitrogen and oxygen atoms in total. The molecule has 3 rings (SSSR count). The lowest BCUT2D eigenvalue weighted by Gasteiger charge is -2.30. The predicted molar refractivity (Wildman–Crippen MR) is 181 cm³/mol. The number of nitrogens with one attached hydrogen (secondary N) is 2. The van der Waals surface area contributed by atoms with Gasteiger partial charge in [0, 0.05) is 43.6 Å². The number of benzene rings is 2. The van der Waals surface area contributed by atoms with E-state index in [1.807, 2.05) is 44.6 Å². The average Bonchev–Trinajstić information content (AvgIpc) is 2.99. The fourth-order valence-electron chi connectivity index (χ4n) is 5.25. The van der Waals surface area contributed by atoms with Gasteiger partial charge in [0.15, 0.2) is 0 Å². The van der Waals surface area contributed by atoms with Gasteiger partial charge in [0.2, 0.25) is 5.91 Å². The van der Waals surface area contributed by atoms with Crippen LogP contribution < -0.4 is 16.4 Å². The molecule has 0 atom stereocenters. The summed E-state index contributed by atoms with van der Waals surface area (Å²) in [5.74, 6) is 0.627. The van der Waals surface area contributed by atoms with Crippen molar-refractivity contribution in [1.29, 1.82) is 0 Å².